The van der Waals surface area contributed by atoms with E-state index >= 15 is 0 Å². The van der Waals surface area contributed by atoms with Gasteiger partial charge in [-0.25, -0.2) is 0 Å². The van der Waals surface area contributed by atoms with Crippen molar-refractivity contribution in [3.05, 3.63) is 94.5 Å². The summed E-state index contributed by atoms with van der Waals surface area (Å²) in [6.45, 7) is 0. The molecule has 4 rings (SSSR count). The SMILES string of the molecule is COc1cccc2c1C(=O)c1cccc(NC(=O)c3ccccc3)c1C2=O. The summed E-state index contributed by atoms with van der Waals surface area (Å²) < 4.78 is 5.26. The predicted molar refractivity (Wildman–Crippen MR) is 101 cm³/mol. The van der Waals surface area contributed by atoms with Crippen LogP contribution in [0.1, 0.15) is 42.2 Å². The Morgan fingerprint density at radius 2 is 1.41 bits per heavy atom. The van der Waals surface area contributed by atoms with Gasteiger partial charge >= 0.3 is 0 Å². The molecule has 132 valence electrons. The molecule has 0 saturated heterocycles. The summed E-state index contributed by atoms with van der Waals surface area (Å²) in [5.41, 5.74) is 1.76. The van der Waals surface area contributed by atoms with E-state index < -0.39 is 0 Å². The molecule has 0 atom stereocenters. The number of fused-ring (bicyclic) bond motifs is 2. The molecular weight excluding hydrogens is 342 g/mol. The highest BCUT2D eigenvalue weighted by atomic mass is 16.5. The summed E-state index contributed by atoms with van der Waals surface area (Å²) in [5.74, 6) is -0.605. The average molecular weight is 357 g/mol. The number of nitrogens with one attached hydrogen (secondary N) is 1. The highest BCUT2D eigenvalue weighted by Crippen LogP contribution is 2.36. The van der Waals surface area contributed by atoms with E-state index in [0.29, 0.717) is 17.0 Å². The second-order valence-electron chi connectivity index (χ2n) is 6.09. The molecule has 0 bridgehead atoms. The van der Waals surface area contributed by atoms with Crippen molar-refractivity contribution >= 4 is 23.2 Å². The first-order valence-electron chi connectivity index (χ1n) is 8.37. The average Bonchev–Trinajstić information content (AvgIpc) is 2.72. The summed E-state index contributed by atoms with van der Waals surface area (Å²) in [6.07, 6.45) is 0. The summed E-state index contributed by atoms with van der Waals surface area (Å²) in [7, 11) is 1.46. The third-order valence-electron chi connectivity index (χ3n) is 4.54. The topological polar surface area (TPSA) is 72.5 Å². The van der Waals surface area contributed by atoms with E-state index in [-0.39, 0.29) is 39.7 Å². The number of anilines is 1. The van der Waals surface area contributed by atoms with Gasteiger partial charge in [0, 0.05) is 16.7 Å². The molecular formula is C22H15NO4. The van der Waals surface area contributed by atoms with Gasteiger partial charge in [0.2, 0.25) is 0 Å². The normalized spacial score (nSPS) is 12.2. The lowest BCUT2D eigenvalue weighted by Crippen LogP contribution is -2.24. The van der Waals surface area contributed by atoms with Crippen LogP contribution in [0.2, 0.25) is 0 Å². The standard InChI is InChI=1S/C22H15NO4/c1-27-17-12-6-10-15-19(17)21(25)14-9-5-11-16(18(14)20(15)24)23-22(26)13-7-3-2-4-8-13/h2-12H,1H3,(H,23,26). The molecule has 0 aromatic heterocycles. The first-order valence-corrected chi connectivity index (χ1v) is 8.37. The molecule has 0 unspecified atom stereocenters. The Morgan fingerprint density at radius 3 is 2.11 bits per heavy atom. The largest absolute Gasteiger partial charge is 0.496 e. The number of hydrogen-bond donors (Lipinski definition) is 1. The van der Waals surface area contributed by atoms with Crippen LogP contribution >= 0.6 is 0 Å². The molecule has 0 saturated carbocycles. The zero-order valence-corrected chi connectivity index (χ0v) is 14.5. The van der Waals surface area contributed by atoms with Crippen molar-refractivity contribution in [1.29, 1.82) is 0 Å². The summed E-state index contributed by atoms with van der Waals surface area (Å²) in [5, 5.41) is 2.75. The number of methoxy groups -OCH3 is 1. The molecule has 0 spiro atoms. The van der Waals surface area contributed by atoms with Crippen LogP contribution < -0.4 is 10.1 Å². The molecule has 0 radical (unpaired) electrons. The summed E-state index contributed by atoms with van der Waals surface area (Å²) in [4.78, 5) is 38.6. The second-order valence-corrected chi connectivity index (χ2v) is 6.09. The highest BCUT2D eigenvalue weighted by Gasteiger charge is 2.34. The van der Waals surface area contributed by atoms with E-state index in [0.717, 1.165) is 0 Å². The Hall–Kier alpha value is -3.73. The van der Waals surface area contributed by atoms with E-state index in [1.54, 1.807) is 60.7 Å². The Kier molecular flexibility index (Phi) is 4.05. The van der Waals surface area contributed by atoms with Gasteiger partial charge in [0.15, 0.2) is 11.6 Å². The van der Waals surface area contributed by atoms with Crippen molar-refractivity contribution in [3.8, 4) is 5.75 Å². The molecule has 5 heteroatoms. The van der Waals surface area contributed by atoms with Crippen LogP contribution in [-0.4, -0.2) is 24.6 Å². The highest BCUT2D eigenvalue weighted by molar-refractivity contribution is 6.31. The molecule has 0 aliphatic heterocycles. The van der Waals surface area contributed by atoms with Gasteiger partial charge in [-0.2, -0.15) is 0 Å². The summed E-state index contributed by atoms with van der Waals surface area (Å²) >= 11 is 0. The van der Waals surface area contributed by atoms with E-state index in [2.05, 4.69) is 5.32 Å². The van der Waals surface area contributed by atoms with Crippen LogP contribution in [0.3, 0.4) is 0 Å². The zero-order valence-electron chi connectivity index (χ0n) is 14.5. The fraction of sp³-hybridized carbons (Fsp3) is 0.0455. The molecule has 3 aromatic rings. The number of hydrogen-bond acceptors (Lipinski definition) is 4. The molecule has 1 N–H and O–H groups in total. The Balaban J connectivity index is 1.81. The fourth-order valence-corrected chi connectivity index (χ4v) is 3.27. The van der Waals surface area contributed by atoms with Gasteiger partial charge in [0.1, 0.15) is 5.75 Å². The first-order chi connectivity index (χ1) is 13.1. The molecule has 1 aliphatic carbocycles. The van der Waals surface area contributed by atoms with E-state index in [4.69, 9.17) is 4.74 Å². The number of ether oxygens (including phenoxy) is 1. The minimum absolute atomic E-state index is 0.201. The van der Waals surface area contributed by atoms with Crippen molar-refractivity contribution in [2.75, 3.05) is 12.4 Å². The van der Waals surface area contributed by atoms with Crippen molar-refractivity contribution in [2.45, 2.75) is 0 Å². The Labute approximate surface area is 155 Å². The van der Waals surface area contributed by atoms with Crippen LogP contribution in [0.4, 0.5) is 5.69 Å². The quantitative estimate of drug-likeness (QED) is 0.606. The van der Waals surface area contributed by atoms with E-state index in [1.807, 2.05) is 6.07 Å². The second kappa shape index (κ2) is 6.53. The van der Waals surface area contributed by atoms with Crippen molar-refractivity contribution in [1.82, 2.24) is 0 Å². The zero-order chi connectivity index (χ0) is 19.0. The van der Waals surface area contributed by atoms with Crippen LogP contribution in [0.15, 0.2) is 66.7 Å². The smallest absolute Gasteiger partial charge is 0.255 e. The molecule has 5 nitrogen and oxygen atoms in total. The third-order valence-corrected chi connectivity index (χ3v) is 4.54. The molecule has 3 aromatic carbocycles. The lowest BCUT2D eigenvalue weighted by Gasteiger charge is -2.21. The monoisotopic (exact) mass is 357 g/mol. The fourth-order valence-electron chi connectivity index (χ4n) is 3.27. The first kappa shape index (κ1) is 16.7. The number of ketones is 2. The van der Waals surface area contributed by atoms with Crippen molar-refractivity contribution < 1.29 is 19.1 Å². The predicted octanol–water partition coefficient (Wildman–Crippen LogP) is 3.72. The minimum atomic E-state index is -0.347. The minimum Gasteiger partial charge on any atom is -0.496 e. The molecule has 1 aliphatic rings. The third kappa shape index (κ3) is 2.69. The van der Waals surface area contributed by atoms with Gasteiger partial charge in [-0.1, -0.05) is 42.5 Å². The lowest BCUT2D eigenvalue weighted by atomic mass is 9.82. The summed E-state index contributed by atoms with van der Waals surface area (Å²) in [6, 6.07) is 18.4. The van der Waals surface area contributed by atoms with Gasteiger partial charge < -0.3 is 10.1 Å². The van der Waals surface area contributed by atoms with Gasteiger partial charge in [0.05, 0.1) is 23.9 Å². The lowest BCUT2D eigenvalue weighted by molar-refractivity contribution is 0.0976. The number of amides is 1. The van der Waals surface area contributed by atoms with E-state index in [1.165, 1.54) is 7.11 Å². The number of benzene rings is 3. The van der Waals surface area contributed by atoms with Gasteiger partial charge in [-0.05, 0) is 24.3 Å². The van der Waals surface area contributed by atoms with Crippen molar-refractivity contribution in [2.24, 2.45) is 0 Å². The Bertz CT molecular complexity index is 1090. The molecule has 27 heavy (non-hydrogen) atoms. The van der Waals surface area contributed by atoms with Crippen molar-refractivity contribution in [3.63, 3.8) is 0 Å². The van der Waals surface area contributed by atoms with Gasteiger partial charge in [-0.3, -0.25) is 14.4 Å². The maximum atomic E-state index is 13.1. The number of carbonyl (C=O) groups excluding carboxylic acids is 3. The molecule has 0 heterocycles. The number of rotatable bonds is 3. The molecule has 1 amide bonds. The Morgan fingerprint density at radius 1 is 0.778 bits per heavy atom. The van der Waals surface area contributed by atoms with Crippen LogP contribution in [0.5, 0.6) is 5.75 Å². The van der Waals surface area contributed by atoms with Crippen LogP contribution in [0, 0.1) is 0 Å². The number of carbonyl (C=O) groups is 3. The van der Waals surface area contributed by atoms with Gasteiger partial charge in [0.25, 0.3) is 5.91 Å². The van der Waals surface area contributed by atoms with Crippen LogP contribution in [-0.2, 0) is 0 Å². The maximum Gasteiger partial charge on any atom is 0.255 e. The van der Waals surface area contributed by atoms with E-state index in [9.17, 15) is 14.4 Å². The van der Waals surface area contributed by atoms with Gasteiger partial charge in [-0.15, -0.1) is 0 Å². The maximum absolute atomic E-state index is 13.1. The van der Waals surface area contributed by atoms with Crippen LogP contribution in [0.25, 0.3) is 0 Å². The molecule has 0 fully saturated rings.